The van der Waals surface area contributed by atoms with Gasteiger partial charge < -0.3 is 10.4 Å². The molecule has 21 heavy (non-hydrogen) atoms. The Morgan fingerprint density at radius 2 is 2.24 bits per heavy atom. The van der Waals surface area contributed by atoms with Crippen molar-refractivity contribution in [1.29, 1.82) is 0 Å². The number of rotatable bonds is 6. The number of nitrogens with one attached hydrogen (secondary N) is 1. The van der Waals surface area contributed by atoms with Gasteiger partial charge >= 0.3 is 5.97 Å². The third-order valence-corrected chi connectivity index (χ3v) is 3.31. The Kier molecular flexibility index (Phi) is 4.65. The number of carboxylic acid groups (broad SMARTS) is 1. The monoisotopic (exact) mass is 307 g/mol. The van der Waals surface area contributed by atoms with Gasteiger partial charge in [0.25, 0.3) is 0 Å². The number of hydrogen-bond donors (Lipinski definition) is 2. The maximum atomic E-state index is 10.8. The SMILES string of the molecule is CC(C)(CC(=O)O)NCc1cnn(-c2cccc(Cl)c2)c1. The van der Waals surface area contributed by atoms with Crippen LogP contribution in [-0.2, 0) is 11.3 Å². The van der Waals surface area contributed by atoms with Crippen molar-refractivity contribution in [1.82, 2.24) is 15.1 Å². The Balaban J connectivity index is 2.02. The highest BCUT2D eigenvalue weighted by Crippen LogP contribution is 2.15. The lowest BCUT2D eigenvalue weighted by atomic mass is 10.0. The molecular weight excluding hydrogens is 290 g/mol. The molecule has 0 aliphatic rings. The molecule has 0 aliphatic carbocycles. The van der Waals surface area contributed by atoms with Gasteiger partial charge in [-0.05, 0) is 32.0 Å². The van der Waals surface area contributed by atoms with Gasteiger partial charge in [-0.25, -0.2) is 4.68 Å². The van der Waals surface area contributed by atoms with Crippen molar-refractivity contribution in [2.75, 3.05) is 0 Å². The fraction of sp³-hybridized carbons (Fsp3) is 0.333. The van der Waals surface area contributed by atoms with Crippen molar-refractivity contribution in [2.45, 2.75) is 32.4 Å². The summed E-state index contributed by atoms with van der Waals surface area (Å²) in [7, 11) is 0. The Morgan fingerprint density at radius 1 is 1.48 bits per heavy atom. The highest BCUT2D eigenvalue weighted by molar-refractivity contribution is 6.30. The molecule has 2 rings (SSSR count). The minimum atomic E-state index is -0.817. The van der Waals surface area contributed by atoms with Crippen LogP contribution in [0.2, 0.25) is 5.02 Å². The molecule has 0 amide bonds. The summed E-state index contributed by atoms with van der Waals surface area (Å²) in [6.45, 7) is 4.28. The number of nitrogens with zero attached hydrogens (tertiary/aromatic N) is 2. The molecular formula is C15H18ClN3O2. The zero-order chi connectivity index (χ0) is 15.5. The fourth-order valence-corrected chi connectivity index (χ4v) is 2.18. The molecule has 0 saturated carbocycles. The number of halogens is 1. The highest BCUT2D eigenvalue weighted by atomic mass is 35.5. The first-order chi connectivity index (χ1) is 9.85. The lowest BCUT2D eigenvalue weighted by Crippen LogP contribution is -2.40. The summed E-state index contributed by atoms with van der Waals surface area (Å²) in [6, 6.07) is 7.43. The second-order valence-corrected chi connectivity index (χ2v) is 6.02. The Labute approximate surface area is 128 Å². The quantitative estimate of drug-likeness (QED) is 0.861. The first-order valence-corrected chi connectivity index (χ1v) is 7.00. The van der Waals surface area contributed by atoms with Crippen LogP contribution < -0.4 is 5.32 Å². The number of aliphatic carboxylic acids is 1. The van der Waals surface area contributed by atoms with Crippen molar-refractivity contribution >= 4 is 17.6 Å². The van der Waals surface area contributed by atoms with E-state index in [9.17, 15) is 4.79 Å². The van der Waals surface area contributed by atoms with E-state index >= 15 is 0 Å². The molecule has 2 N–H and O–H groups in total. The zero-order valence-corrected chi connectivity index (χ0v) is 12.8. The molecule has 2 aromatic rings. The Bertz CT molecular complexity index is 637. The van der Waals surface area contributed by atoms with E-state index in [-0.39, 0.29) is 6.42 Å². The summed E-state index contributed by atoms with van der Waals surface area (Å²) < 4.78 is 1.74. The van der Waals surface area contributed by atoms with Crippen molar-refractivity contribution in [3.8, 4) is 5.69 Å². The summed E-state index contributed by atoms with van der Waals surface area (Å²) >= 11 is 5.96. The predicted molar refractivity (Wildman–Crippen MR) is 81.7 cm³/mol. The summed E-state index contributed by atoms with van der Waals surface area (Å²) in [5, 5.41) is 17.0. The van der Waals surface area contributed by atoms with Crippen LogP contribution in [0.4, 0.5) is 0 Å². The maximum Gasteiger partial charge on any atom is 0.305 e. The molecule has 112 valence electrons. The second-order valence-electron chi connectivity index (χ2n) is 5.58. The number of carboxylic acids is 1. The molecule has 0 saturated heterocycles. The van der Waals surface area contributed by atoms with Crippen LogP contribution in [-0.4, -0.2) is 26.4 Å². The summed E-state index contributed by atoms with van der Waals surface area (Å²) in [4.78, 5) is 10.8. The molecule has 1 aromatic carbocycles. The first kappa shape index (κ1) is 15.5. The number of benzene rings is 1. The topological polar surface area (TPSA) is 67.2 Å². The average Bonchev–Trinajstić information content (AvgIpc) is 2.84. The third-order valence-electron chi connectivity index (χ3n) is 3.07. The van der Waals surface area contributed by atoms with Gasteiger partial charge in [0.2, 0.25) is 0 Å². The van der Waals surface area contributed by atoms with Crippen molar-refractivity contribution in [2.24, 2.45) is 0 Å². The molecule has 1 heterocycles. The normalized spacial score (nSPS) is 11.6. The van der Waals surface area contributed by atoms with Crippen molar-refractivity contribution in [3.63, 3.8) is 0 Å². The molecule has 0 spiro atoms. The van der Waals surface area contributed by atoms with Gasteiger partial charge in [-0.15, -0.1) is 0 Å². The van der Waals surface area contributed by atoms with Gasteiger partial charge in [0.15, 0.2) is 0 Å². The number of carbonyl (C=O) groups is 1. The third kappa shape index (κ3) is 4.58. The largest absolute Gasteiger partial charge is 0.481 e. The summed E-state index contributed by atoms with van der Waals surface area (Å²) in [5.74, 6) is -0.817. The van der Waals surface area contributed by atoms with Crippen LogP contribution in [0, 0.1) is 0 Å². The predicted octanol–water partition coefficient (Wildman–Crippen LogP) is 2.87. The van der Waals surface area contributed by atoms with Crippen LogP contribution in [0.15, 0.2) is 36.7 Å². The summed E-state index contributed by atoms with van der Waals surface area (Å²) in [6.07, 6.45) is 3.72. The van der Waals surface area contributed by atoms with E-state index in [1.54, 1.807) is 10.9 Å². The first-order valence-electron chi connectivity index (χ1n) is 6.62. The minimum absolute atomic E-state index is 0.0649. The van der Waals surface area contributed by atoms with Crippen LogP contribution in [0.25, 0.3) is 5.69 Å². The van der Waals surface area contributed by atoms with E-state index in [1.807, 2.05) is 44.3 Å². The standard InChI is InChI=1S/C15H18ClN3O2/c1-15(2,7-14(20)21)17-8-11-9-18-19(10-11)13-5-3-4-12(16)6-13/h3-6,9-10,17H,7-8H2,1-2H3,(H,20,21). The lowest BCUT2D eigenvalue weighted by Gasteiger charge is -2.23. The van der Waals surface area contributed by atoms with E-state index < -0.39 is 11.5 Å². The van der Waals surface area contributed by atoms with Gasteiger partial charge in [0, 0.05) is 28.9 Å². The van der Waals surface area contributed by atoms with Gasteiger partial charge in [0.05, 0.1) is 18.3 Å². The molecule has 0 unspecified atom stereocenters. The zero-order valence-electron chi connectivity index (χ0n) is 12.0. The average molecular weight is 308 g/mol. The number of hydrogen-bond acceptors (Lipinski definition) is 3. The van der Waals surface area contributed by atoms with E-state index in [2.05, 4.69) is 10.4 Å². The van der Waals surface area contributed by atoms with Crippen LogP contribution >= 0.6 is 11.6 Å². The molecule has 0 atom stereocenters. The molecule has 0 radical (unpaired) electrons. The molecule has 0 fully saturated rings. The second kappa shape index (κ2) is 6.28. The van der Waals surface area contributed by atoms with E-state index in [4.69, 9.17) is 16.7 Å². The Hall–Kier alpha value is -1.85. The van der Waals surface area contributed by atoms with Gasteiger partial charge in [0.1, 0.15) is 0 Å². The molecule has 0 aliphatic heterocycles. The van der Waals surface area contributed by atoms with Gasteiger partial charge in [-0.2, -0.15) is 5.10 Å². The Morgan fingerprint density at radius 3 is 2.90 bits per heavy atom. The molecule has 1 aromatic heterocycles. The maximum absolute atomic E-state index is 10.8. The molecule has 0 bridgehead atoms. The van der Waals surface area contributed by atoms with Crippen molar-refractivity contribution < 1.29 is 9.90 Å². The van der Waals surface area contributed by atoms with Crippen LogP contribution in [0.5, 0.6) is 0 Å². The lowest BCUT2D eigenvalue weighted by molar-refractivity contribution is -0.138. The smallest absolute Gasteiger partial charge is 0.305 e. The highest BCUT2D eigenvalue weighted by Gasteiger charge is 2.20. The van der Waals surface area contributed by atoms with E-state index in [1.165, 1.54) is 0 Å². The summed E-state index contributed by atoms with van der Waals surface area (Å²) in [5.41, 5.74) is 1.40. The molecule has 5 nitrogen and oxygen atoms in total. The van der Waals surface area contributed by atoms with E-state index in [0.29, 0.717) is 11.6 Å². The van der Waals surface area contributed by atoms with Crippen LogP contribution in [0.1, 0.15) is 25.8 Å². The minimum Gasteiger partial charge on any atom is -0.481 e. The number of aromatic nitrogens is 2. The van der Waals surface area contributed by atoms with Crippen molar-refractivity contribution in [3.05, 3.63) is 47.2 Å². The fourth-order valence-electron chi connectivity index (χ4n) is 1.99. The van der Waals surface area contributed by atoms with Crippen LogP contribution in [0.3, 0.4) is 0 Å². The molecule has 6 heteroatoms. The van der Waals surface area contributed by atoms with Gasteiger partial charge in [-0.1, -0.05) is 17.7 Å². The van der Waals surface area contributed by atoms with E-state index in [0.717, 1.165) is 11.3 Å². The van der Waals surface area contributed by atoms with Gasteiger partial charge in [-0.3, -0.25) is 4.79 Å².